The lowest BCUT2D eigenvalue weighted by atomic mass is 10.1. The molecule has 0 fully saturated rings. The van der Waals surface area contributed by atoms with E-state index in [2.05, 4.69) is 36.4 Å². The zero-order valence-corrected chi connectivity index (χ0v) is 17.9. The lowest BCUT2D eigenvalue weighted by Gasteiger charge is -2.28. The molecular weight excluding hydrogens is 388 g/mol. The smallest absolute Gasteiger partial charge is 0.107 e. The average Bonchev–Trinajstić information content (AvgIpc) is 2.83. The van der Waals surface area contributed by atoms with Gasteiger partial charge in [-0.2, -0.15) is 0 Å². The molecule has 1 N–H and O–H groups in total. The van der Waals surface area contributed by atoms with Crippen LogP contribution in [0, 0.1) is 0 Å². The van der Waals surface area contributed by atoms with Crippen LogP contribution in [0.2, 0.25) is 0 Å². The van der Waals surface area contributed by atoms with Gasteiger partial charge in [-0.1, -0.05) is 91.0 Å². The van der Waals surface area contributed by atoms with Crippen molar-refractivity contribution in [2.45, 2.75) is 44.9 Å². The fourth-order valence-corrected chi connectivity index (χ4v) is 3.35. The Morgan fingerprint density at radius 1 is 0.581 bits per heavy atom. The molecule has 31 heavy (non-hydrogen) atoms. The summed E-state index contributed by atoms with van der Waals surface area (Å²) in [6, 6.07) is 30.3. The molecule has 0 bridgehead atoms. The molecule has 2 unspecified atom stereocenters. The fourth-order valence-electron chi connectivity index (χ4n) is 3.35. The number of ether oxygens (including phenoxy) is 3. The predicted molar refractivity (Wildman–Crippen MR) is 122 cm³/mol. The van der Waals surface area contributed by atoms with Crippen molar-refractivity contribution < 1.29 is 19.3 Å². The van der Waals surface area contributed by atoms with E-state index < -0.39 is 0 Å². The van der Waals surface area contributed by atoms with E-state index in [1.165, 1.54) is 0 Å². The minimum atomic E-state index is -0.237. The van der Waals surface area contributed by atoms with Crippen LogP contribution in [0.5, 0.6) is 0 Å². The van der Waals surface area contributed by atoms with Crippen LogP contribution in [0.1, 0.15) is 29.5 Å². The van der Waals surface area contributed by atoms with Gasteiger partial charge >= 0.3 is 0 Å². The molecule has 0 heterocycles. The highest BCUT2D eigenvalue weighted by molar-refractivity contribution is 5.15. The van der Waals surface area contributed by atoms with E-state index in [0.717, 1.165) is 16.7 Å². The molecule has 4 heteroatoms. The molecule has 0 spiro atoms. The number of aliphatic hydroxyl groups is 1. The van der Waals surface area contributed by atoms with Crippen LogP contribution >= 0.6 is 0 Å². The lowest BCUT2D eigenvalue weighted by molar-refractivity contribution is -0.120. The monoisotopic (exact) mass is 420 g/mol. The van der Waals surface area contributed by atoms with Crippen molar-refractivity contribution in [3.63, 3.8) is 0 Å². The number of rotatable bonds is 14. The maximum atomic E-state index is 9.39. The van der Waals surface area contributed by atoms with Gasteiger partial charge in [0.25, 0.3) is 0 Å². The topological polar surface area (TPSA) is 47.9 Å². The quantitative estimate of drug-likeness (QED) is 0.392. The summed E-state index contributed by atoms with van der Waals surface area (Å²) in [5.41, 5.74) is 3.35. The molecule has 0 aliphatic rings. The Balaban J connectivity index is 1.64. The Kier molecular flexibility index (Phi) is 10.3. The van der Waals surface area contributed by atoms with Crippen molar-refractivity contribution >= 4 is 0 Å². The third-order valence-corrected chi connectivity index (χ3v) is 5.07. The van der Waals surface area contributed by atoms with Crippen molar-refractivity contribution in [3.05, 3.63) is 108 Å². The summed E-state index contributed by atoms with van der Waals surface area (Å²) < 4.78 is 18.6. The molecule has 0 radical (unpaired) electrons. The normalized spacial score (nSPS) is 13.1. The first-order valence-electron chi connectivity index (χ1n) is 10.9. The molecule has 3 rings (SSSR count). The van der Waals surface area contributed by atoms with Gasteiger partial charge in [-0.25, -0.2) is 0 Å². The summed E-state index contributed by atoms with van der Waals surface area (Å²) in [7, 11) is 0. The van der Waals surface area contributed by atoms with Crippen LogP contribution < -0.4 is 0 Å². The van der Waals surface area contributed by atoms with Crippen LogP contribution in [0.25, 0.3) is 0 Å². The second kappa shape index (κ2) is 13.7. The van der Waals surface area contributed by atoms with Gasteiger partial charge in [0.05, 0.1) is 32.5 Å². The standard InChI is InChI=1S/C27H32O4/c28-18-10-17-26(30-20-24-13-6-2-7-14-24)27(31-21-25-15-8-3-9-16-25)22-29-19-23-11-4-1-5-12-23/h1-9,11-16,26-28H,10,17-22H2. The van der Waals surface area contributed by atoms with Crippen LogP contribution in [0.4, 0.5) is 0 Å². The van der Waals surface area contributed by atoms with Crippen molar-refractivity contribution in [2.24, 2.45) is 0 Å². The molecule has 164 valence electrons. The Morgan fingerprint density at radius 3 is 1.52 bits per heavy atom. The Morgan fingerprint density at radius 2 is 1.03 bits per heavy atom. The second-order valence-electron chi connectivity index (χ2n) is 7.54. The maximum Gasteiger partial charge on any atom is 0.107 e. The van der Waals surface area contributed by atoms with Crippen LogP contribution in [-0.4, -0.2) is 30.5 Å². The van der Waals surface area contributed by atoms with Gasteiger partial charge in [0, 0.05) is 6.61 Å². The average molecular weight is 421 g/mol. The molecule has 0 aromatic heterocycles. The van der Waals surface area contributed by atoms with E-state index in [1.54, 1.807) is 0 Å². The first-order chi connectivity index (χ1) is 15.3. The molecule has 0 amide bonds. The maximum absolute atomic E-state index is 9.39. The SMILES string of the molecule is OCCCC(OCc1ccccc1)C(COCc1ccccc1)OCc1ccccc1. The van der Waals surface area contributed by atoms with Crippen LogP contribution in [0.3, 0.4) is 0 Å². The van der Waals surface area contributed by atoms with Crippen molar-refractivity contribution in [1.29, 1.82) is 0 Å². The zero-order chi connectivity index (χ0) is 21.6. The Hall–Kier alpha value is -2.50. The van der Waals surface area contributed by atoms with E-state index in [-0.39, 0.29) is 18.8 Å². The van der Waals surface area contributed by atoms with Crippen LogP contribution in [0.15, 0.2) is 91.0 Å². The van der Waals surface area contributed by atoms with Crippen molar-refractivity contribution in [3.8, 4) is 0 Å². The van der Waals surface area contributed by atoms with E-state index in [1.807, 2.05) is 54.6 Å². The molecular formula is C27H32O4. The van der Waals surface area contributed by atoms with E-state index in [4.69, 9.17) is 14.2 Å². The number of hydrogen-bond donors (Lipinski definition) is 1. The molecule has 3 aromatic rings. The largest absolute Gasteiger partial charge is 0.396 e. The molecule has 0 saturated heterocycles. The van der Waals surface area contributed by atoms with Crippen LogP contribution in [-0.2, 0) is 34.0 Å². The number of aliphatic hydroxyl groups excluding tert-OH is 1. The minimum Gasteiger partial charge on any atom is -0.396 e. The number of hydrogen-bond acceptors (Lipinski definition) is 4. The van der Waals surface area contributed by atoms with Gasteiger partial charge in [0.1, 0.15) is 6.10 Å². The summed E-state index contributed by atoms with van der Waals surface area (Å²) in [6.45, 7) is 2.07. The van der Waals surface area contributed by atoms with Crippen molar-refractivity contribution in [2.75, 3.05) is 13.2 Å². The minimum absolute atomic E-state index is 0.126. The van der Waals surface area contributed by atoms with Gasteiger partial charge in [-0.3, -0.25) is 0 Å². The fraction of sp³-hybridized carbons (Fsp3) is 0.333. The number of benzene rings is 3. The van der Waals surface area contributed by atoms with Crippen molar-refractivity contribution in [1.82, 2.24) is 0 Å². The highest BCUT2D eigenvalue weighted by Gasteiger charge is 2.24. The van der Waals surface area contributed by atoms with Gasteiger partial charge < -0.3 is 19.3 Å². The highest BCUT2D eigenvalue weighted by Crippen LogP contribution is 2.17. The molecule has 0 aliphatic heterocycles. The third kappa shape index (κ3) is 8.64. The van der Waals surface area contributed by atoms with Gasteiger partial charge in [0.15, 0.2) is 0 Å². The summed E-state index contributed by atoms with van der Waals surface area (Å²) in [4.78, 5) is 0. The molecule has 2 atom stereocenters. The predicted octanol–water partition coefficient (Wildman–Crippen LogP) is 5.15. The Bertz CT molecular complexity index is 824. The van der Waals surface area contributed by atoms with Gasteiger partial charge in [-0.05, 0) is 29.5 Å². The molecule has 4 nitrogen and oxygen atoms in total. The van der Waals surface area contributed by atoms with Gasteiger partial charge in [0.2, 0.25) is 0 Å². The van der Waals surface area contributed by atoms with Gasteiger partial charge in [-0.15, -0.1) is 0 Å². The summed E-state index contributed by atoms with van der Waals surface area (Å²) in [5, 5.41) is 9.39. The zero-order valence-electron chi connectivity index (χ0n) is 17.9. The molecule has 3 aromatic carbocycles. The molecule has 0 aliphatic carbocycles. The first-order valence-corrected chi connectivity index (χ1v) is 10.9. The highest BCUT2D eigenvalue weighted by atomic mass is 16.6. The van der Waals surface area contributed by atoms with E-state index in [0.29, 0.717) is 39.3 Å². The van der Waals surface area contributed by atoms with E-state index in [9.17, 15) is 5.11 Å². The first kappa shape index (κ1) is 23.2. The Labute approximate surface area is 185 Å². The summed E-state index contributed by atoms with van der Waals surface area (Å²) in [6.07, 6.45) is 0.951. The van der Waals surface area contributed by atoms with E-state index >= 15 is 0 Å². The molecule has 0 saturated carbocycles. The summed E-state index contributed by atoms with van der Waals surface area (Å²) in [5.74, 6) is 0. The lowest BCUT2D eigenvalue weighted by Crippen LogP contribution is -2.36. The summed E-state index contributed by atoms with van der Waals surface area (Å²) >= 11 is 0. The second-order valence-corrected chi connectivity index (χ2v) is 7.54. The third-order valence-electron chi connectivity index (χ3n) is 5.07.